The Bertz CT molecular complexity index is 1070. The fraction of sp³-hybridized carbons (Fsp3) is 0.385. The van der Waals surface area contributed by atoms with E-state index in [-0.39, 0.29) is 23.4 Å². The molecule has 2 heterocycles. The van der Waals surface area contributed by atoms with Crippen LogP contribution in [0.25, 0.3) is 6.08 Å². The zero-order chi connectivity index (χ0) is 23.5. The maximum Gasteiger partial charge on any atom is 0.409 e. The zero-order valence-corrected chi connectivity index (χ0v) is 19.3. The van der Waals surface area contributed by atoms with Gasteiger partial charge in [0.2, 0.25) is 5.78 Å². The number of fused-ring (bicyclic) bond motifs is 1. The second kappa shape index (κ2) is 9.67. The summed E-state index contributed by atoms with van der Waals surface area (Å²) in [5.41, 5.74) is 3.16. The first-order valence-corrected chi connectivity index (χ1v) is 11.4. The third-order valence-corrected chi connectivity index (χ3v) is 6.10. The lowest BCUT2D eigenvalue weighted by molar-refractivity contribution is 0.0774. The molecule has 0 aromatic heterocycles. The highest BCUT2D eigenvalue weighted by molar-refractivity contribution is 6.15. The maximum atomic E-state index is 13.0. The van der Waals surface area contributed by atoms with E-state index >= 15 is 0 Å². The Morgan fingerprint density at radius 3 is 2.45 bits per heavy atom. The average molecular weight is 451 g/mol. The molecule has 0 radical (unpaired) electrons. The fourth-order valence-electron chi connectivity index (χ4n) is 4.11. The van der Waals surface area contributed by atoms with Gasteiger partial charge in [0.05, 0.1) is 17.7 Å². The molecule has 0 spiro atoms. The minimum Gasteiger partial charge on any atom is -0.507 e. The van der Waals surface area contributed by atoms with Crippen molar-refractivity contribution in [3.05, 3.63) is 64.4 Å². The third kappa shape index (κ3) is 4.88. The van der Waals surface area contributed by atoms with E-state index in [0.29, 0.717) is 62.1 Å². The van der Waals surface area contributed by atoms with E-state index in [1.54, 1.807) is 30.0 Å². The summed E-state index contributed by atoms with van der Waals surface area (Å²) >= 11 is 0. The summed E-state index contributed by atoms with van der Waals surface area (Å²) in [7, 11) is 0. The molecule has 174 valence electrons. The smallest absolute Gasteiger partial charge is 0.409 e. The normalized spacial score (nSPS) is 17.4. The number of ketones is 1. The molecule has 0 unspecified atom stereocenters. The molecular formula is C26H30N2O5. The van der Waals surface area contributed by atoms with Crippen LogP contribution in [0, 0.1) is 0 Å². The third-order valence-electron chi connectivity index (χ3n) is 6.10. The van der Waals surface area contributed by atoms with Crippen LogP contribution in [0.5, 0.6) is 11.5 Å². The number of piperazine rings is 1. The summed E-state index contributed by atoms with van der Waals surface area (Å²) in [5, 5.41) is 10.5. The number of rotatable bonds is 5. The molecule has 2 aliphatic heterocycles. The number of hydrogen-bond donors (Lipinski definition) is 1. The Morgan fingerprint density at radius 1 is 1.12 bits per heavy atom. The molecule has 1 amide bonds. The van der Waals surface area contributed by atoms with Gasteiger partial charge in [0.25, 0.3) is 0 Å². The second-order valence-electron chi connectivity index (χ2n) is 8.66. The van der Waals surface area contributed by atoms with E-state index in [9.17, 15) is 14.7 Å². The van der Waals surface area contributed by atoms with Crippen LogP contribution >= 0.6 is 0 Å². The fourth-order valence-corrected chi connectivity index (χ4v) is 4.11. The highest BCUT2D eigenvalue weighted by Crippen LogP contribution is 2.40. The van der Waals surface area contributed by atoms with Gasteiger partial charge >= 0.3 is 6.09 Å². The molecule has 2 aromatic rings. The van der Waals surface area contributed by atoms with Crippen molar-refractivity contribution >= 4 is 18.0 Å². The number of carbonyl (C=O) groups excluding carboxylic acids is 2. The molecule has 7 nitrogen and oxygen atoms in total. The van der Waals surface area contributed by atoms with Crippen LogP contribution in [0.3, 0.4) is 0 Å². The van der Waals surface area contributed by atoms with Gasteiger partial charge in [0.15, 0.2) is 5.76 Å². The lowest BCUT2D eigenvalue weighted by atomic mass is 10.0. The van der Waals surface area contributed by atoms with Crippen molar-refractivity contribution < 1.29 is 24.2 Å². The van der Waals surface area contributed by atoms with Crippen molar-refractivity contribution in [2.75, 3.05) is 32.8 Å². The van der Waals surface area contributed by atoms with Gasteiger partial charge in [-0.1, -0.05) is 38.1 Å². The van der Waals surface area contributed by atoms with Gasteiger partial charge in [-0.2, -0.15) is 0 Å². The molecule has 0 aliphatic carbocycles. The van der Waals surface area contributed by atoms with Gasteiger partial charge < -0.3 is 19.5 Å². The topological polar surface area (TPSA) is 79.3 Å². The van der Waals surface area contributed by atoms with Gasteiger partial charge in [0.1, 0.15) is 11.5 Å². The van der Waals surface area contributed by atoms with Crippen molar-refractivity contribution in [2.45, 2.75) is 33.2 Å². The van der Waals surface area contributed by atoms with E-state index in [1.807, 2.05) is 12.1 Å². The predicted molar refractivity (Wildman–Crippen MR) is 125 cm³/mol. The van der Waals surface area contributed by atoms with Crippen LogP contribution in [0.1, 0.15) is 53.7 Å². The minimum atomic E-state index is -0.300. The molecule has 4 rings (SSSR count). The van der Waals surface area contributed by atoms with Gasteiger partial charge in [-0.15, -0.1) is 0 Å². The van der Waals surface area contributed by atoms with Gasteiger partial charge in [-0.3, -0.25) is 9.69 Å². The Morgan fingerprint density at radius 2 is 1.82 bits per heavy atom. The highest BCUT2D eigenvalue weighted by atomic mass is 16.6. The maximum absolute atomic E-state index is 13.0. The van der Waals surface area contributed by atoms with Gasteiger partial charge in [-0.25, -0.2) is 4.79 Å². The first-order chi connectivity index (χ1) is 15.9. The van der Waals surface area contributed by atoms with Crippen LogP contribution < -0.4 is 4.74 Å². The number of allylic oxidation sites excluding steroid dienone is 1. The second-order valence-corrected chi connectivity index (χ2v) is 8.66. The molecule has 1 N–H and O–H groups in total. The number of phenolic OH excluding ortho intramolecular Hbond substituents is 1. The predicted octanol–water partition coefficient (Wildman–Crippen LogP) is 4.41. The van der Waals surface area contributed by atoms with Crippen LogP contribution in [-0.2, 0) is 11.3 Å². The number of aromatic hydroxyl groups is 1. The summed E-state index contributed by atoms with van der Waals surface area (Å²) in [4.78, 5) is 28.7. The number of Topliss-reactive ketones (excluding diaryl/α,β-unsaturated/α-hetero) is 1. The summed E-state index contributed by atoms with van der Waals surface area (Å²) < 4.78 is 11.1. The minimum absolute atomic E-state index is 0.0944. The lowest BCUT2D eigenvalue weighted by Crippen LogP contribution is -2.48. The van der Waals surface area contributed by atoms with Crippen molar-refractivity contribution in [3.8, 4) is 11.5 Å². The number of carbonyl (C=O) groups is 2. The number of hydrogen-bond acceptors (Lipinski definition) is 6. The highest BCUT2D eigenvalue weighted by Gasteiger charge is 2.32. The zero-order valence-electron chi connectivity index (χ0n) is 19.3. The molecule has 33 heavy (non-hydrogen) atoms. The average Bonchev–Trinajstić information content (AvgIpc) is 3.12. The van der Waals surface area contributed by atoms with Crippen molar-refractivity contribution in [3.63, 3.8) is 0 Å². The number of nitrogens with zero attached hydrogens (tertiary/aromatic N) is 2. The van der Waals surface area contributed by atoms with E-state index in [1.165, 1.54) is 5.56 Å². The van der Waals surface area contributed by atoms with Crippen LogP contribution in [-0.4, -0.2) is 59.6 Å². The SMILES string of the molecule is CCOC(=O)N1CCN(Cc2c(O)ccc3c2O/C(=C\c2ccc(C(C)C)cc2)C3=O)CC1. The first kappa shape index (κ1) is 22.9. The number of ether oxygens (including phenoxy) is 2. The van der Waals surface area contributed by atoms with E-state index < -0.39 is 0 Å². The molecule has 2 aliphatic rings. The molecule has 0 atom stereocenters. The standard InChI is InChI=1S/C26H30N2O5/c1-4-32-26(31)28-13-11-27(12-14-28)16-21-22(29)10-9-20-24(30)23(33-25(20)21)15-18-5-7-19(8-6-18)17(2)3/h5-10,15,17,29H,4,11-14,16H2,1-3H3/b23-15-. The molecule has 2 aromatic carbocycles. The summed E-state index contributed by atoms with van der Waals surface area (Å²) in [5.74, 6) is 1.01. The van der Waals surface area contributed by atoms with E-state index in [2.05, 4.69) is 30.9 Å². The quantitative estimate of drug-likeness (QED) is 0.680. The molecule has 7 heteroatoms. The molecular weight excluding hydrogens is 420 g/mol. The van der Waals surface area contributed by atoms with Crippen molar-refractivity contribution in [2.24, 2.45) is 0 Å². The van der Waals surface area contributed by atoms with Crippen molar-refractivity contribution in [1.29, 1.82) is 0 Å². The Kier molecular flexibility index (Phi) is 6.70. The monoisotopic (exact) mass is 450 g/mol. The molecule has 1 fully saturated rings. The van der Waals surface area contributed by atoms with Crippen LogP contribution in [0.15, 0.2) is 42.2 Å². The number of benzene rings is 2. The van der Waals surface area contributed by atoms with Crippen LogP contribution in [0.2, 0.25) is 0 Å². The lowest BCUT2D eigenvalue weighted by Gasteiger charge is -2.34. The summed E-state index contributed by atoms with van der Waals surface area (Å²) in [6.07, 6.45) is 1.44. The first-order valence-electron chi connectivity index (χ1n) is 11.4. The largest absolute Gasteiger partial charge is 0.507 e. The van der Waals surface area contributed by atoms with Gasteiger partial charge in [0, 0.05) is 32.7 Å². The number of phenols is 1. The Labute approximate surface area is 194 Å². The molecule has 1 saturated heterocycles. The Balaban J connectivity index is 1.50. The molecule has 0 saturated carbocycles. The van der Waals surface area contributed by atoms with E-state index in [4.69, 9.17) is 9.47 Å². The molecule has 0 bridgehead atoms. The Hall–Kier alpha value is -3.32. The van der Waals surface area contributed by atoms with Crippen molar-refractivity contribution in [1.82, 2.24) is 9.80 Å². The summed E-state index contributed by atoms with van der Waals surface area (Å²) in [6, 6.07) is 11.2. The van der Waals surface area contributed by atoms with Crippen LogP contribution in [0.4, 0.5) is 4.79 Å². The summed E-state index contributed by atoms with van der Waals surface area (Å²) in [6.45, 7) is 9.22. The van der Waals surface area contributed by atoms with E-state index in [0.717, 1.165) is 5.56 Å². The van der Waals surface area contributed by atoms with Gasteiger partial charge in [-0.05, 0) is 42.2 Å². The number of amides is 1.